The summed E-state index contributed by atoms with van der Waals surface area (Å²) in [6.07, 6.45) is 9.37. The van der Waals surface area contributed by atoms with Crippen LogP contribution in [0.25, 0.3) is 16.2 Å². The molecule has 5 rings (SSSR count). The van der Waals surface area contributed by atoms with E-state index in [4.69, 9.17) is 10.8 Å². The van der Waals surface area contributed by atoms with Crippen molar-refractivity contribution in [2.45, 2.75) is 18.9 Å². The van der Waals surface area contributed by atoms with Crippen LogP contribution in [0.5, 0.6) is 0 Å². The smallest absolute Gasteiger partial charge is 0.229 e. The van der Waals surface area contributed by atoms with Crippen molar-refractivity contribution in [1.82, 2.24) is 24.6 Å². The highest BCUT2D eigenvalue weighted by atomic mass is 32.1. The molecule has 142 valence electrons. The van der Waals surface area contributed by atoms with Crippen LogP contribution >= 0.6 is 11.3 Å². The van der Waals surface area contributed by atoms with E-state index >= 15 is 0 Å². The van der Waals surface area contributed by atoms with E-state index in [-0.39, 0.29) is 6.04 Å². The Morgan fingerprint density at radius 2 is 2.11 bits per heavy atom. The number of piperidine rings is 1. The Kier molecular flexibility index (Phi) is 4.38. The number of nitrogens with one attached hydrogen (secondary N) is 1. The number of thiazole rings is 1. The van der Waals surface area contributed by atoms with Crippen LogP contribution in [0.2, 0.25) is 0 Å². The molecular formula is C19H20N8S. The van der Waals surface area contributed by atoms with Crippen molar-refractivity contribution < 1.29 is 0 Å². The van der Waals surface area contributed by atoms with Gasteiger partial charge in [0, 0.05) is 36.9 Å². The first-order valence-corrected chi connectivity index (χ1v) is 10.1. The number of anilines is 3. The molecule has 4 aromatic heterocycles. The third-order valence-electron chi connectivity index (χ3n) is 4.88. The van der Waals surface area contributed by atoms with Crippen LogP contribution < -0.4 is 16.0 Å². The molecule has 1 aliphatic heterocycles. The monoisotopic (exact) mass is 392 g/mol. The quantitative estimate of drug-likeness (QED) is 0.551. The second kappa shape index (κ2) is 7.17. The van der Waals surface area contributed by atoms with Gasteiger partial charge >= 0.3 is 0 Å². The number of rotatable bonds is 4. The average molecular weight is 392 g/mol. The summed E-state index contributed by atoms with van der Waals surface area (Å²) in [5.74, 6) is 0.643. The van der Waals surface area contributed by atoms with Crippen LogP contribution in [-0.4, -0.2) is 43.7 Å². The first kappa shape index (κ1) is 17.1. The largest absolute Gasteiger partial charge is 0.368 e. The van der Waals surface area contributed by atoms with Crippen molar-refractivity contribution in [3.05, 3.63) is 48.4 Å². The predicted octanol–water partition coefficient (Wildman–Crippen LogP) is 2.92. The van der Waals surface area contributed by atoms with Gasteiger partial charge < -0.3 is 16.0 Å². The maximum Gasteiger partial charge on any atom is 0.229 e. The maximum atomic E-state index is 6.18. The zero-order valence-electron chi connectivity index (χ0n) is 15.2. The fourth-order valence-corrected chi connectivity index (χ4v) is 4.14. The molecule has 8 nitrogen and oxygen atoms in total. The summed E-state index contributed by atoms with van der Waals surface area (Å²) in [6, 6.07) is 6.18. The molecule has 0 aliphatic carbocycles. The van der Waals surface area contributed by atoms with E-state index in [1.165, 1.54) is 0 Å². The topological polar surface area (TPSA) is 97.3 Å². The lowest BCUT2D eigenvalue weighted by Gasteiger charge is -2.33. The van der Waals surface area contributed by atoms with Crippen molar-refractivity contribution in [2.75, 3.05) is 23.3 Å². The fourth-order valence-electron chi connectivity index (χ4n) is 3.54. The van der Waals surface area contributed by atoms with Gasteiger partial charge in [-0.15, -0.1) is 11.3 Å². The van der Waals surface area contributed by atoms with Gasteiger partial charge in [-0.3, -0.25) is 4.98 Å². The second-order valence-electron chi connectivity index (χ2n) is 6.84. The molecule has 0 amide bonds. The minimum Gasteiger partial charge on any atom is -0.368 e. The number of fused-ring (bicyclic) bond motifs is 1. The van der Waals surface area contributed by atoms with Crippen LogP contribution in [0.4, 0.5) is 17.3 Å². The standard InChI is InChI=1S/C19H20N8S/c20-13-2-1-8-26(12-13)17-5-6-21-11-16(17)24-19-23-10-14-3-4-15(25-27(14)19)18-22-7-9-28-18/h3-7,9-11,13H,1-2,8,12,20H2,(H,23,24)/t13-/m0/s1. The van der Waals surface area contributed by atoms with Crippen LogP contribution in [0.15, 0.2) is 48.4 Å². The summed E-state index contributed by atoms with van der Waals surface area (Å²) in [7, 11) is 0. The van der Waals surface area contributed by atoms with Gasteiger partial charge in [0.05, 0.1) is 29.3 Å². The summed E-state index contributed by atoms with van der Waals surface area (Å²) in [5.41, 5.74) is 9.88. The Labute approximate surface area is 166 Å². The summed E-state index contributed by atoms with van der Waals surface area (Å²) in [6.45, 7) is 1.83. The summed E-state index contributed by atoms with van der Waals surface area (Å²) in [4.78, 5) is 15.5. The molecule has 1 saturated heterocycles. The van der Waals surface area contributed by atoms with Gasteiger partial charge in [-0.2, -0.15) is 9.61 Å². The molecule has 0 saturated carbocycles. The highest BCUT2D eigenvalue weighted by Gasteiger charge is 2.20. The Morgan fingerprint density at radius 1 is 1.14 bits per heavy atom. The predicted molar refractivity (Wildman–Crippen MR) is 111 cm³/mol. The normalized spacial score (nSPS) is 17.2. The summed E-state index contributed by atoms with van der Waals surface area (Å²) < 4.78 is 1.80. The first-order valence-electron chi connectivity index (χ1n) is 9.24. The minimum absolute atomic E-state index is 0.199. The van der Waals surface area contributed by atoms with Gasteiger partial charge in [0.25, 0.3) is 0 Å². The second-order valence-corrected chi connectivity index (χ2v) is 7.74. The van der Waals surface area contributed by atoms with E-state index in [0.717, 1.165) is 53.5 Å². The molecule has 0 spiro atoms. The third-order valence-corrected chi connectivity index (χ3v) is 5.67. The average Bonchev–Trinajstić information content (AvgIpc) is 3.39. The van der Waals surface area contributed by atoms with Gasteiger partial charge in [-0.1, -0.05) is 0 Å². The molecule has 4 aromatic rings. The molecule has 1 fully saturated rings. The summed E-state index contributed by atoms with van der Waals surface area (Å²) in [5, 5.41) is 10.9. The fraction of sp³-hybridized carbons (Fsp3) is 0.263. The van der Waals surface area contributed by atoms with E-state index in [9.17, 15) is 0 Å². The number of aromatic nitrogens is 5. The molecule has 1 aliphatic rings. The molecule has 28 heavy (non-hydrogen) atoms. The number of imidazole rings is 1. The molecule has 9 heteroatoms. The number of nitrogens with two attached hydrogens (primary N) is 1. The lowest BCUT2D eigenvalue weighted by Crippen LogP contribution is -2.43. The van der Waals surface area contributed by atoms with Crippen LogP contribution in [0, 0.1) is 0 Å². The molecule has 0 unspecified atom stereocenters. The SMILES string of the molecule is N[C@H]1CCCN(c2ccncc2Nc2ncc3ccc(-c4nccs4)nn23)C1. The summed E-state index contributed by atoms with van der Waals surface area (Å²) >= 11 is 1.56. The van der Waals surface area contributed by atoms with Crippen molar-refractivity contribution >= 4 is 34.2 Å². The van der Waals surface area contributed by atoms with Crippen LogP contribution in [0.1, 0.15) is 12.8 Å². The van der Waals surface area contributed by atoms with Crippen molar-refractivity contribution in [3.8, 4) is 10.7 Å². The van der Waals surface area contributed by atoms with E-state index in [1.807, 2.05) is 36.0 Å². The highest BCUT2D eigenvalue weighted by molar-refractivity contribution is 7.13. The Hall–Kier alpha value is -3.04. The number of nitrogens with zero attached hydrogens (tertiary/aromatic N) is 6. The first-order chi connectivity index (χ1) is 13.8. The molecular weight excluding hydrogens is 372 g/mol. The van der Waals surface area contributed by atoms with E-state index in [1.54, 1.807) is 28.2 Å². The van der Waals surface area contributed by atoms with Gasteiger partial charge in [0.15, 0.2) is 0 Å². The third kappa shape index (κ3) is 3.19. The Morgan fingerprint density at radius 3 is 2.96 bits per heavy atom. The molecule has 0 bridgehead atoms. The van der Waals surface area contributed by atoms with Gasteiger partial charge in [-0.25, -0.2) is 9.97 Å². The highest BCUT2D eigenvalue weighted by Crippen LogP contribution is 2.30. The van der Waals surface area contributed by atoms with E-state index < -0.39 is 0 Å². The zero-order chi connectivity index (χ0) is 18.9. The zero-order valence-corrected chi connectivity index (χ0v) is 16.0. The van der Waals surface area contributed by atoms with Crippen molar-refractivity contribution in [2.24, 2.45) is 5.73 Å². The van der Waals surface area contributed by atoms with Crippen molar-refractivity contribution in [3.63, 3.8) is 0 Å². The Bertz CT molecular complexity index is 1090. The van der Waals surface area contributed by atoms with Gasteiger partial charge in [0.2, 0.25) is 5.95 Å². The maximum absolute atomic E-state index is 6.18. The number of pyridine rings is 1. The van der Waals surface area contributed by atoms with Gasteiger partial charge in [-0.05, 0) is 31.0 Å². The molecule has 0 radical (unpaired) electrons. The van der Waals surface area contributed by atoms with E-state index in [2.05, 4.69) is 25.2 Å². The minimum atomic E-state index is 0.199. The van der Waals surface area contributed by atoms with Crippen LogP contribution in [0.3, 0.4) is 0 Å². The number of hydrogen-bond donors (Lipinski definition) is 2. The lowest BCUT2D eigenvalue weighted by molar-refractivity contribution is 0.506. The van der Waals surface area contributed by atoms with E-state index in [0.29, 0.717) is 5.95 Å². The van der Waals surface area contributed by atoms with Gasteiger partial charge in [0.1, 0.15) is 10.7 Å². The molecule has 0 aromatic carbocycles. The van der Waals surface area contributed by atoms with Crippen molar-refractivity contribution in [1.29, 1.82) is 0 Å². The lowest BCUT2D eigenvalue weighted by atomic mass is 10.1. The molecule has 5 heterocycles. The van der Waals surface area contributed by atoms with Crippen LogP contribution in [-0.2, 0) is 0 Å². The Balaban J connectivity index is 1.50. The molecule has 3 N–H and O–H groups in total. The molecule has 1 atom stereocenters. The number of hydrogen-bond acceptors (Lipinski definition) is 8.